The molecule has 0 saturated heterocycles. The molecule has 8 heteroatoms. The van der Waals surface area contributed by atoms with Gasteiger partial charge in [0.25, 0.3) is 0 Å². The topological polar surface area (TPSA) is 105 Å². The number of aromatic nitrogens is 5. The van der Waals surface area contributed by atoms with E-state index in [1.54, 1.807) is 6.33 Å². The van der Waals surface area contributed by atoms with Gasteiger partial charge in [-0.05, 0) is 13.8 Å². The third-order valence-corrected chi connectivity index (χ3v) is 2.73. The molecule has 0 unspecified atom stereocenters. The third-order valence-electron chi connectivity index (χ3n) is 2.73. The van der Waals surface area contributed by atoms with Gasteiger partial charge in [-0.1, -0.05) is 5.16 Å². The molecule has 0 atom stereocenters. The quantitative estimate of drug-likeness (QED) is 0.649. The fourth-order valence-electron chi connectivity index (χ4n) is 1.87. The minimum atomic E-state index is 0.522. The molecule has 3 rings (SSSR count). The summed E-state index contributed by atoms with van der Waals surface area (Å²) in [6, 6.07) is 1.88. The number of rotatable bonds is 5. The number of aryl methyl sites for hydroxylation is 1. The molecule has 0 aromatic carbocycles. The first-order valence-corrected chi connectivity index (χ1v) is 6.37. The molecule has 3 N–H and O–H groups in total. The van der Waals surface area contributed by atoms with Crippen LogP contribution in [0.1, 0.15) is 18.4 Å². The van der Waals surface area contributed by atoms with Crippen LogP contribution in [-0.4, -0.2) is 31.6 Å². The van der Waals surface area contributed by atoms with E-state index in [0.717, 1.165) is 23.5 Å². The van der Waals surface area contributed by atoms with E-state index >= 15 is 0 Å². The number of aromatic amines is 1. The van der Waals surface area contributed by atoms with Crippen LogP contribution in [0.25, 0.3) is 11.2 Å². The van der Waals surface area contributed by atoms with E-state index in [2.05, 4.69) is 35.7 Å². The van der Waals surface area contributed by atoms with Gasteiger partial charge in [0, 0.05) is 12.6 Å². The zero-order chi connectivity index (χ0) is 13.9. The third kappa shape index (κ3) is 2.40. The highest BCUT2D eigenvalue weighted by Crippen LogP contribution is 2.19. The highest BCUT2D eigenvalue weighted by Gasteiger charge is 2.10. The van der Waals surface area contributed by atoms with Gasteiger partial charge in [0.1, 0.15) is 17.0 Å². The van der Waals surface area contributed by atoms with Gasteiger partial charge in [-0.3, -0.25) is 0 Å². The Morgan fingerprint density at radius 3 is 2.95 bits per heavy atom. The number of fused-ring (bicyclic) bond motifs is 1. The van der Waals surface area contributed by atoms with Crippen molar-refractivity contribution in [3.63, 3.8) is 0 Å². The van der Waals surface area contributed by atoms with Crippen LogP contribution in [-0.2, 0) is 6.54 Å². The molecule has 0 saturated carbocycles. The Morgan fingerprint density at radius 2 is 2.20 bits per heavy atom. The first-order valence-electron chi connectivity index (χ1n) is 6.37. The Kier molecular flexibility index (Phi) is 3.20. The van der Waals surface area contributed by atoms with Crippen LogP contribution < -0.4 is 10.6 Å². The number of hydrogen-bond donors (Lipinski definition) is 3. The Hall–Kier alpha value is -2.64. The van der Waals surface area contributed by atoms with Gasteiger partial charge in [-0.15, -0.1) is 0 Å². The summed E-state index contributed by atoms with van der Waals surface area (Å²) in [5.74, 6) is 2.01. The van der Waals surface area contributed by atoms with Crippen LogP contribution in [0.15, 0.2) is 16.9 Å². The molecule has 0 bridgehead atoms. The molecule has 0 aliphatic carbocycles. The molecule has 0 radical (unpaired) electrons. The number of imidazole rings is 1. The fraction of sp³-hybridized carbons (Fsp3) is 0.333. The number of nitrogens with zero attached hydrogens (tertiary/aromatic N) is 4. The maximum absolute atomic E-state index is 5.03. The number of H-pyrrole nitrogens is 1. The summed E-state index contributed by atoms with van der Waals surface area (Å²) in [4.78, 5) is 15.9. The van der Waals surface area contributed by atoms with Gasteiger partial charge in [0.05, 0.1) is 12.9 Å². The smallest absolute Gasteiger partial charge is 0.226 e. The summed E-state index contributed by atoms with van der Waals surface area (Å²) in [6.45, 7) is 5.12. The molecule has 3 heterocycles. The molecule has 0 fully saturated rings. The predicted octanol–water partition coefficient (Wildman–Crippen LogP) is 1.69. The highest BCUT2D eigenvalue weighted by molar-refractivity contribution is 5.83. The van der Waals surface area contributed by atoms with E-state index in [1.807, 2.05) is 19.9 Å². The van der Waals surface area contributed by atoms with Crippen LogP contribution >= 0.6 is 0 Å². The molecule has 3 aromatic heterocycles. The van der Waals surface area contributed by atoms with Crippen LogP contribution in [0.2, 0.25) is 0 Å². The van der Waals surface area contributed by atoms with Crippen molar-refractivity contribution in [2.75, 3.05) is 17.2 Å². The molecule has 8 nitrogen and oxygen atoms in total. The van der Waals surface area contributed by atoms with Gasteiger partial charge in [0.2, 0.25) is 5.95 Å². The van der Waals surface area contributed by atoms with Crippen LogP contribution in [0, 0.1) is 6.92 Å². The van der Waals surface area contributed by atoms with Gasteiger partial charge in [0.15, 0.2) is 11.5 Å². The van der Waals surface area contributed by atoms with E-state index in [-0.39, 0.29) is 0 Å². The van der Waals surface area contributed by atoms with E-state index < -0.39 is 0 Å². The maximum atomic E-state index is 5.03. The van der Waals surface area contributed by atoms with Crippen molar-refractivity contribution in [2.24, 2.45) is 0 Å². The number of hydrogen-bond acceptors (Lipinski definition) is 7. The normalized spacial score (nSPS) is 10.9. The lowest BCUT2D eigenvalue weighted by Crippen LogP contribution is -2.07. The number of nitrogens with one attached hydrogen (secondary N) is 3. The molecular formula is C12H15N7O. The largest absolute Gasteiger partial charge is 0.362 e. The van der Waals surface area contributed by atoms with Crippen molar-refractivity contribution in [3.05, 3.63) is 23.8 Å². The van der Waals surface area contributed by atoms with Crippen LogP contribution in [0.3, 0.4) is 0 Å². The average Bonchev–Trinajstić information content (AvgIpc) is 3.05. The minimum absolute atomic E-state index is 0.522. The molecule has 0 amide bonds. The van der Waals surface area contributed by atoms with Crippen LogP contribution in [0.5, 0.6) is 0 Å². The summed E-state index contributed by atoms with van der Waals surface area (Å²) >= 11 is 0. The van der Waals surface area contributed by atoms with Crippen molar-refractivity contribution in [3.8, 4) is 0 Å². The lowest BCUT2D eigenvalue weighted by Gasteiger charge is -2.07. The van der Waals surface area contributed by atoms with E-state index in [9.17, 15) is 0 Å². The van der Waals surface area contributed by atoms with Crippen molar-refractivity contribution < 1.29 is 4.52 Å². The first-order chi connectivity index (χ1) is 9.76. The summed E-state index contributed by atoms with van der Waals surface area (Å²) in [7, 11) is 0. The minimum Gasteiger partial charge on any atom is -0.362 e. The zero-order valence-electron chi connectivity index (χ0n) is 11.3. The Balaban J connectivity index is 1.87. The van der Waals surface area contributed by atoms with E-state index in [4.69, 9.17) is 4.52 Å². The zero-order valence-corrected chi connectivity index (χ0v) is 11.3. The summed E-state index contributed by atoms with van der Waals surface area (Å²) in [5, 5.41) is 10.2. The SMILES string of the molecule is CCNc1nc(NCc2cc(C)on2)c2[nH]cnc2n1. The molecule has 3 aromatic rings. The maximum Gasteiger partial charge on any atom is 0.226 e. The fourth-order valence-corrected chi connectivity index (χ4v) is 1.87. The second-order valence-electron chi connectivity index (χ2n) is 4.31. The van der Waals surface area contributed by atoms with Crippen molar-refractivity contribution in [1.82, 2.24) is 25.1 Å². The van der Waals surface area contributed by atoms with Crippen LogP contribution in [0.4, 0.5) is 11.8 Å². The highest BCUT2D eigenvalue weighted by atomic mass is 16.5. The molecule has 0 spiro atoms. The monoisotopic (exact) mass is 273 g/mol. The molecular weight excluding hydrogens is 258 g/mol. The Bertz CT molecular complexity index is 717. The van der Waals surface area contributed by atoms with Gasteiger partial charge in [-0.2, -0.15) is 9.97 Å². The summed E-state index contributed by atoms with van der Waals surface area (Å²) < 4.78 is 5.03. The van der Waals surface area contributed by atoms with Crippen molar-refractivity contribution in [2.45, 2.75) is 20.4 Å². The average molecular weight is 273 g/mol. The first kappa shape index (κ1) is 12.4. The predicted molar refractivity (Wildman–Crippen MR) is 74.4 cm³/mol. The van der Waals surface area contributed by atoms with Gasteiger partial charge >= 0.3 is 0 Å². The van der Waals surface area contributed by atoms with Crippen molar-refractivity contribution in [1.29, 1.82) is 0 Å². The Labute approximate surface area is 115 Å². The van der Waals surface area contributed by atoms with E-state index in [0.29, 0.717) is 24.0 Å². The second kappa shape index (κ2) is 5.16. The molecule has 0 aliphatic rings. The van der Waals surface area contributed by atoms with E-state index in [1.165, 1.54) is 0 Å². The lowest BCUT2D eigenvalue weighted by molar-refractivity contribution is 0.391. The Morgan fingerprint density at radius 1 is 1.30 bits per heavy atom. The van der Waals surface area contributed by atoms with Gasteiger partial charge < -0.3 is 20.1 Å². The van der Waals surface area contributed by atoms with Gasteiger partial charge in [-0.25, -0.2) is 4.98 Å². The second-order valence-corrected chi connectivity index (χ2v) is 4.31. The molecule has 20 heavy (non-hydrogen) atoms. The standard InChI is InChI=1S/C12H15N7O/c1-3-13-12-17-10(9-11(18-12)16-6-15-9)14-5-8-4-7(2)20-19-8/h4,6H,3,5H2,1-2H3,(H3,13,14,15,16,17,18). The molecule has 104 valence electrons. The summed E-state index contributed by atoms with van der Waals surface area (Å²) in [5.41, 5.74) is 2.21. The molecule has 0 aliphatic heterocycles. The van der Waals surface area contributed by atoms with Crippen molar-refractivity contribution >= 4 is 22.9 Å². The lowest BCUT2D eigenvalue weighted by atomic mass is 10.3. The number of anilines is 2. The summed E-state index contributed by atoms with van der Waals surface area (Å²) in [6.07, 6.45) is 1.60.